The van der Waals surface area contributed by atoms with Gasteiger partial charge in [0.05, 0.1) is 0 Å². The Morgan fingerprint density at radius 1 is 0.704 bits per heavy atom. The van der Waals surface area contributed by atoms with Crippen LogP contribution in [0.15, 0.2) is 0 Å². The Bertz CT molecular complexity index is 300. The predicted molar refractivity (Wildman–Crippen MR) is 126 cm³/mol. The molecule has 2 aliphatic heterocycles. The lowest BCUT2D eigenvalue weighted by Gasteiger charge is -2.38. The molecule has 1 atom stereocenters. The minimum absolute atomic E-state index is 0.363. The molecule has 3 heteroatoms. The van der Waals surface area contributed by atoms with Gasteiger partial charge in [-0.2, -0.15) is 0 Å². The highest BCUT2D eigenvalue weighted by Gasteiger charge is 2.26. The van der Waals surface area contributed by atoms with Crippen molar-refractivity contribution in [3.05, 3.63) is 0 Å². The fourth-order valence-electron chi connectivity index (χ4n) is 2.73. The Labute approximate surface area is 173 Å². The van der Waals surface area contributed by atoms with Gasteiger partial charge in [0.1, 0.15) is 0 Å². The molecule has 0 radical (unpaired) electrons. The molecular formula is C24H55N3. The van der Waals surface area contributed by atoms with E-state index in [1.54, 1.807) is 0 Å². The minimum Gasteiger partial charge on any atom is -0.316 e. The van der Waals surface area contributed by atoms with Crippen LogP contribution in [0.5, 0.6) is 0 Å². The van der Waals surface area contributed by atoms with Crippen LogP contribution in [0.25, 0.3) is 0 Å². The molecule has 2 saturated heterocycles. The van der Waals surface area contributed by atoms with Gasteiger partial charge in [0.15, 0.2) is 0 Å². The van der Waals surface area contributed by atoms with E-state index >= 15 is 0 Å². The van der Waals surface area contributed by atoms with Gasteiger partial charge >= 0.3 is 0 Å². The molecule has 0 aromatic rings. The highest BCUT2D eigenvalue weighted by atomic mass is 15.2. The zero-order valence-electron chi connectivity index (χ0n) is 21.1. The molecule has 0 bridgehead atoms. The van der Waals surface area contributed by atoms with Crippen molar-refractivity contribution >= 4 is 0 Å². The molecule has 2 N–H and O–H groups in total. The predicted octanol–water partition coefficient (Wildman–Crippen LogP) is 5.66. The summed E-state index contributed by atoms with van der Waals surface area (Å²) in [6.07, 6.45) is 1.36. The molecule has 0 amide bonds. The van der Waals surface area contributed by atoms with Crippen molar-refractivity contribution in [2.75, 3.05) is 39.3 Å². The number of hydrogen-bond donors (Lipinski definition) is 2. The highest BCUT2D eigenvalue weighted by molar-refractivity contribution is 4.81. The lowest BCUT2D eigenvalue weighted by Crippen LogP contribution is -2.51. The van der Waals surface area contributed by atoms with Gasteiger partial charge in [-0.3, -0.25) is 4.90 Å². The average molecular weight is 386 g/mol. The second-order valence-corrected chi connectivity index (χ2v) is 11.4. The SMILES string of the molecule is CC(C)(C)C1CCNC1.CC(C)(C)N1CCNCC1.CC(C)C.CC(C)C. The van der Waals surface area contributed by atoms with E-state index in [0.29, 0.717) is 11.0 Å². The molecule has 0 saturated carbocycles. The molecule has 166 valence electrons. The van der Waals surface area contributed by atoms with Crippen molar-refractivity contribution in [2.24, 2.45) is 23.2 Å². The smallest absolute Gasteiger partial charge is 0.0126 e. The highest BCUT2D eigenvalue weighted by Crippen LogP contribution is 2.29. The minimum atomic E-state index is 0.363. The van der Waals surface area contributed by atoms with Crippen LogP contribution >= 0.6 is 0 Å². The fourth-order valence-corrected chi connectivity index (χ4v) is 2.73. The summed E-state index contributed by atoms with van der Waals surface area (Å²) in [6, 6.07) is 0. The molecule has 2 aliphatic rings. The third kappa shape index (κ3) is 20.4. The van der Waals surface area contributed by atoms with Crippen LogP contribution in [0, 0.1) is 23.2 Å². The summed E-state index contributed by atoms with van der Waals surface area (Å²) in [5, 5.41) is 6.72. The topological polar surface area (TPSA) is 27.3 Å². The fraction of sp³-hybridized carbons (Fsp3) is 1.00. The molecule has 0 spiro atoms. The number of piperazine rings is 1. The maximum absolute atomic E-state index is 3.38. The second-order valence-electron chi connectivity index (χ2n) is 11.4. The molecule has 0 aliphatic carbocycles. The van der Waals surface area contributed by atoms with E-state index in [1.807, 2.05) is 0 Å². The molecule has 2 fully saturated rings. The van der Waals surface area contributed by atoms with Gasteiger partial charge in [-0.25, -0.2) is 0 Å². The summed E-state index contributed by atoms with van der Waals surface area (Å²) in [6.45, 7) is 33.9. The van der Waals surface area contributed by atoms with E-state index in [9.17, 15) is 0 Å². The largest absolute Gasteiger partial charge is 0.316 e. The van der Waals surface area contributed by atoms with Crippen LogP contribution in [0.1, 0.15) is 89.5 Å². The van der Waals surface area contributed by atoms with E-state index in [1.165, 1.54) is 32.6 Å². The lowest BCUT2D eigenvalue weighted by molar-refractivity contribution is 0.119. The summed E-state index contributed by atoms with van der Waals surface area (Å²) < 4.78 is 0. The molecule has 2 heterocycles. The van der Waals surface area contributed by atoms with Crippen molar-refractivity contribution < 1.29 is 0 Å². The number of nitrogens with zero attached hydrogens (tertiary/aromatic N) is 1. The zero-order chi connectivity index (χ0) is 21.7. The summed E-state index contributed by atoms with van der Waals surface area (Å²) in [5.74, 6) is 2.57. The van der Waals surface area contributed by atoms with Crippen molar-refractivity contribution in [1.29, 1.82) is 0 Å². The van der Waals surface area contributed by atoms with Crippen molar-refractivity contribution in [2.45, 2.75) is 95.0 Å². The Morgan fingerprint density at radius 3 is 1.30 bits per heavy atom. The first-order valence-electron chi connectivity index (χ1n) is 11.3. The Balaban J connectivity index is 0. The van der Waals surface area contributed by atoms with Crippen LogP contribution in [-0.4, -0.2) is 49.7 Å². The summed E-state index contributed by atoms with van der Waals surface area (Å²) >= 11 is 0. The first-order chi connectivity index (χ1) is 12.2. The Kier molecular flexibility index (Phi) is 16.0. The van der Waals surface area contributed by atoms with E-state index in [-0.39, 0.29) is 0 Å². The first-order valence-corrected chi connectivity index (χ1v) is 11.3. The maximum Gasteiger partial charge on any atom is 0.0126 e. The average Bonchev–Trinajstić information content (AvgIpc) is 3.01. The van der Waals surface area contributed by atoms with Crippen molar-refractivity contribution in [3.63, 3.8) is 0 Å². The normalized spacial score (nSPS) is 20.9. The van der Waals surface area contributed by atoms with Gasteiger partial charge in [0.25, 0.3) is 0 Å². The van der Waals surface area contributed by atoms with Crippen LogP contribution in [0.2, 0.25) is 0 Å². The van der Waals surface area contributed by atoms with Crippen LogP contribution < -0.4 is 10.6 Å². The van der Waals surface area contributed by atoms with Crippen molar-refractivity contribution in [3.8, 4) is 0 Å². The Morgan fingerprint density at radius 2 is 1.11 bits per heavy atom. The quantitative estimate of drug-likeness (QED) is 0.563. The third-order valence-electron chi connectivity index (χ3n) is 4.35. The summed E-state index contributed by atoms with van der Waals surface area (Å²) in [4.78, 5) is 2.52. The first kappa shape index (κ1) is 29.1. The molecule has 2 rings (SSSR count). The van der Waals surface area contributed by atoms with Gasteiger partial charge < -0.3 is 10.6 Å². The number of nitrogens with one attached hydrogen (secondary N) is 2. The zero-order valence-corrected chi connectivity index (χ0v) is 21.1. The monoisotopic (exact) mass is 385 g/mol. The van der Waals surface area contributed by atoms with Crippen LogP contribution in [0.4, 0.5) is 0 Å². The molecule has 0 aromatic heterocycles. The molecular weight excluding hydrogens is 330 g/mol. The summed E-state index contributed by atoms with van der Waals surface area (Å²) in [7, 11) is 0. The maximum atomic E-state index is 3.38. The van der Waals surface area contributed by atoms with E-state index < -0.39 is 0 Å². The number of hydrogen-bond acceptors (Lipinski definition) is 3. The second kappa shape index (κ2) is 14.8. The van der Waals surface area contributed by atoms with Crippen molar-refractivity contribution in [1.82, 2.24) is 15.5 Å². The van der Waals surface area contributed by atoms with Crippen LogP contribution in [-0.2, 0) is 0 Å². The number of rotatable bonds is 0. The van der Waals surface area contributed by atoms with E-state index in [2.05, 4.69) is 98.6 Å². The van der Waals surface area contributed by atoms with Gasteiger partial charge in [0.2, 0.25) is 0 Å². The summed E-state index contributed by atoms with van der Waals surface area (Å²) in [5.41, 5.74) is 0.881. The van der Waals surface area contributed by atoms with Crippen LogP contribution in [0.3, 0.4) is 0 Å². The van der Waals surface area contributed by atoms with E-state index in [4.69, 9.17) is 0 Å². The third-order valence-corrected chi connectivity index (χ3v) is 4.35. The molecule has 3 nitrogen and oxygen atoms in total. The molecule has 1 unspecified atom stereocenters. The van der Waals surface area contributed by atoms with Gasteiger partial charge in [0, 0.05) is 31.7 Å². The van der Waals surface area contributed by atoms with Gasteiger partial charge in [-0.15, -0.1) is 0 Å². The standard InChI is InChI=1S/C8H18N2.C8H17N.2C4H10/c1-8(2,3)10-6-4-9-5-7-10;1-8(2,3)7-4-5-9-6-7;2*1-4(2)3/h9H,4-7H2,1-3H3;7,9H,4-6H2,1-3H3;2*4H,1-3H3. The molecule has 0 aromatic carbocycles. The van der Waals surface area contributed by atoms with Gasteiger partial charge in [-0.1, -0.05) is 62.3 Å². The molecule has 27 heavy (non-hydrogen) atoms. The van der Waals surface area contributed by atoms with Gasteiger partial charge in [-0.05, 0) is 63.5 Å². The Hall–Kier alpha value is -0.120. The lowest BCUT2D eigenvalue weighted by atomic mass is 9.80. The van der Waals surface area contributed by atoms with E-state index in [0.717, 1.165) is 30.8 Å².